The van der Waals surface area contributed by atoms with Crippen molar-refractivity contribution < 1.29 is 23.1 Å². The molecule has 1 aliphatic heterocycles. The van der Waals surface area contributed by atoms with E-state index >= 15 is 0 Å². The second-order valence-electron chi connectivity index (χ2n) is 8.51. The van der Waals surface area contributed by atoms with Gasteiger partial charge >= 0.3 is 6.18 Å². The van der Waals surface area contributed by atoms with Gasteiger partial charge in [-0.1, -0.05) is 17.4 Å². The molecule has 3 aromatic rings. The van der Waals surface area contributed by atoms with Gasteiger partial charge in [0.25, 0.3) is 0 Å². The number of carbonyl (C=O) groups excluding carboxylic acids is 1. The summed E-state index contributed by atoms with van der Waals surface area (Å²) in [4.78, 5) is 13.4. The van der Waals surface area contributed by atoms with E-state index in [9.17, 15) is 18.0 Å². The molecule has 2 N–H and O–H groups in total. The Balaban J connectivity index is 1.54. The van der Waals surface area contributed by atoms with Gasteiger partial charge in [0, 0.05) is 29.1 Å². The summed E-state index contributed by atoms with van der Waals surface area (Å²) in [5.74, 6) is -0.157. The Bertz CT molecular complexity index is 1270. The normalized spacial score (nSPS) is 15.5. The molecule has 9 heteroatoms. The molecule has 0 aromatic heterocycles. The largest absolute Gasteiger partial charge is 0.416 e. The number of aliphatic hydroxyl groups is 1. The molecule has 182 valence electrons. The lowest BCUT2D eigenvalue weighted by atomic mass is 9.95. The van der Waals surface area contributed by atoms with Gasteiger partial charge in [0.1, 0.15) is 0 Å². The smallest absolute Gasteiger partial charge is 0.396 e. The second kappa shape index (κ2) is 9.87. The number of carbonyl (C=O) groups is 1. The van der Waals surface area contributed by atoms with Gasteiger partial charge in [-0.25, -0.2) is 5.01 Å². The zero-order valence-corrected chi connectivity index (χ0v) is 19.3. The Morgan fingerprint density at radius 2 is 1.80 bits per heavy atom. The molecule has 6 nitrogen and oxygen atoms in total. The first-order chi connectivity index (χ1) is 16.7. The van der Waals surface area contributed by atoms with Gasteiger partial charge in [0.15, 0.2) is 5.78 Å². The van der Waals surface area contributed by atoms with Crippen LogP contribution in [0.3, 0.4) is 0 Å². The number of hydrogen-bond acceptors (Lipinski definition) is 6. The maximum absolute atomic E-state index is 13.4. The molecule has 0 radical (unpaired) electrons. The fourth-order valence-corrected chi connectivity index (χ4v) is 3.96. The minimum Gasteiger partial charge on any atom is -0.396 e. The Hall–Kier alpha value is -3.72. The van der Waals surface area contributed by atoms with Crippen LogP contribution in [-0.4, -0.2) is 30.1 Å². The summed E-state index contributed by atoms with van der Waals surface area (Å²) in [7, 11) is 0. The molecule has 1 aliphatic rings. The van der Waals surface area contributed by atoms with Crippen LogP contribution < -0.4 is 10.3 Å². The second-order valence-corrected chi connectivity index (χ2v) is 8.51. The number of alkyl halides is 3. The number of ketones is 1. The number of aliphatic hydroxyl groups excluding tert-OH is 1. The van der Waals surface area contributed by atoms with Crippen molar-refractivity contribution in [2.24, 2.45) is 10.3 Å². The Kier molecular flexibility index (Phi) is 6.88. The predicted octanol–water partition coefficient (Wildman–Crippen LogP) is 6.24. The highest BCUT2D eigenvalue weighted by Gasteiger charge is 2.30. The topological polar surface area (TPSA) is 77.3 Å². The third kappa shape index (κ3) is 5.51. The standard InChI is InChI=1S/C26H25F3N4O2/c1-16-6-8-22(33-15-21(10-11-34)31-32-33)14-24(16)25(35)23-9-7-20(12-17(23)2)30-19-5-3-4-18(13-19)26(27,28)29/h3-9,12-14,21,30,34H,10-11,15H2,1-2H3. The highest BCUT2D eigenvalue weighted by atomic mass is 19.4. The average molecular weight is 483 g/mol. The lowest BCUT2D eigenvalue weighted by Gasteiger charge is -2.16. The van der Waals surface area contributed by atoms with Gasteiger partial charge in [-0.3, -0.25) is 4.79 Å². The van der Waals surface area contributed by atoms with Gasteiger partial charge in [0.05, 0.1) is 23.8 Å². The zero-order chi connectivity index (χ0) is 25.2. The van der Waals surface area contributed by atoms with Crippen molar-refractivity contribution in [3.8, 4) is 0 Å². The van der Waals surface area contributed by atoms with Crippen molar-refractivity contribution in [2.45, 2.75) is 32.5 Å². The zero-order valence-electron chi connectivity index (χ0n) is 19.3. The molecule has 1 atom stereocenters. The number of hydrogen-bond donors (Lipinski definition) is 2. The molecule has 1 heterocycles. The van der Waals surface area contributed by atoms with Crippen LogP contribution in [0.15, 0.2) is 71.0 Å². The average Bonchev–Trinajstić information content (AvgIpc) is 3.28. The molecule has 0 saturated carbocycles. The summed E-state index contributed by atoms with van der Waals surface area (Å²) in [6.07, 6.45) is -3.90. The Labute approximate surface area is 201 Å². The van der Waals surface area contributed by atoms with Crippen LogP contribution in [0.4, 0.5) is 30.2 Å². The summed E-state index contributed by atoms with van der Waals surface area (Å²) in [6.45, 7) is 4.22. The molecule has 0 aliphatic carbocycles. The van der Waals surface area contributed by atoms with Crippen molar-refractivity contribution >= 4 is 22.8 Å². The fourth-order valence-electron chi connectivity index (χ4n) is 3.96. The molecular formula is C26H25F3N4O2. The molecular weight excluding hydrogens is 457 g/mol. The van der Waals surface area contributed by atoms with E-state index in [0.29, 0.717) is 41.0 Å². The molecule has 1 unspecified atom stereocenters. The Morgan fingerprint density at radius 3 is 2.51 bits per heavy atom. The minimum atomic E-state index is -4.42. The summed E-state index contributed by atoms with van der Waals surface area (Å²) in [5.41, 5.74) is 3.43. The lowest BCUT2D eigenvalue weighted by molar-refractivity contribution is -0.137. The van der Waals surface area contributed by atoms with Crippen molar-refractivity contribution in [1.29, 1.82) is 0 Å². The van der Waals surface area contributed by atoms with Crippen LogP contribution in [0.5, 0.6) is 0 Å². The third-order valence-electron chi connectivity index (χ3n) is 5.88. The van der Waals surface area contributed by atoms with Gasteiger partial charge in [-0.05, 0) is 79.9 Å². The quantitative estimate of drug-likeness (QED) is 0.391. The van der Waals surface area contributed by atoms with Crippen molar-refractivity contribution in [2.75, 3.05) is 23.5 Å². The van der Waals surface area contributed by atoms with Gasteiger partial charge < -0.3 is 10.4 Å². The van der Waals surface area contributed by atoms with Crippen LogP contribution in [0, 0.1) is 13.8 Å². The Morgan fingerprint density at radius 1 is 1.03 bits per heavy atom. The van der Waals surface area contributed by atoms with Crippen LogP contribution in [-0.2, 0) is 6.18 Å². The molecule has 0 bridgehead atoms. The molecule has 0 amide bonds. The number of nitrogens with one attached hydrogen (secondary N) is 1. The number of nitrogens with zero attached hydrogens (tertiary/aromatic N) is 3. The maximum atomic E-state index is 13.4. The number of anilines is 3. The van der Waals surface area contributed by atoms with Crippen molar-refractivity contribution in [3.05, 3.63) is 88.5 Å². The molecule has 0 spiro atoms. The van der Waals surface area contributed by atoms with Crippen LogP contribution in [0.25, 0.3) is 0 Å². The molecule has 3 aromatic carbocycles. The van der Waals surface area contributed by atoms with E-state index in [1.54, 1.807) is 42.3 Å². The summed E-state index contributed by atoms with van der Waals surface area (Å²) >= 11 is 0. The monoisotopic (exact) mass is 482 g/mol. The first-order valence-electron chi connectivity index (χ1n) is 11.1. The van der Waals surface area contributed by atoms with Crippen LogP contribution >= 0.6 is 0 Å². The van der Waals surface area contributed by atoms with E-state index in [0.717, 1.165) is 23.4 Å². The fraction of sp³-hybridized carbons (Fsp3) is 0.269. The van der Waals surface area contributed by atoms with Crippen LogP contribution in [0.2, 0.25) is 0 Å². The predicted molar refractivity (Wildman–Crippen MR) is 128 cm³/mol. The van der Waals surface area contributed by atoms with E-state index in [4.69, 9.17) is 5.11 Å². The van der Waals surface area contributed by atoms with Crippen molar-refractivity contribution in [3.63, 3.8) is 0 Å². The van der Waals surface area contributed by atoms with E-state index in [1.165, 1.54) is 6.07 Å². The highest BCUT2D eigenvalue weighted by molar-refractivity contribution is 6.11. The highest BCUT2D eigenvalue weighted by Crippen LogP contribution is 2.32. The number of rotatable bonds is 7. The minimum absolute atomic E-state index is 0.0348. The number of halogens is 3. The third-order valence-corrected chi connectivity index (χ3v) is 5.88. The molecule has 35 heavy (non-hydrogen) atoms. The SMILES string of the molecule is Cc1cc(Nc2cccc(C(F)(F)F)c2)ccc1C(=O)c1cc(N2CC(CCO)N=N2)ccc1C. The first kappa shape index (κ1) is 24.4. The lowest BCUT2D eigenvalue weighted by Crippen LogP contribution is -2.21. The van der Waals surface area contributed by atoms with Gasteiger partial charge in [-0.2, -0.15) is 18.3 Å². The van der Waals surface area contributed by atoms with E-state index in [1.807, 2.05) is 19.1 Å². The van der Waals surface area contributed by atoms with E-state index in [2.05, 4.69) is 15.7 Å². The van der Waals surface area contributed by atoms with Gasteiger partial charge in [-0.15, -0.1) is 0 Å². The van der Waals surface area contributed by atoms with E-state index < -0.39 is 11.7 Å². The summed E-state index contributed by atoms with van der Waals surface area (Å²) < 4.78 is 39.0. The molecule has 0 fully saturated rings. The van der Waals surface area contributed by atoms with Crippen LogP contribution in [0.1, 0.15) is 39.0 Å². The summed E-state index contributed by atoms with van der Waals surface area (Å²) in [5, 5.41) is 22.1. The van der Waals surface area contributed by atoms with Gasteiger partial charge in [0.2, 0.25) is 0 Å². The molecule has 0 saturated heterocycles. The van der Waals surface area contributed by atoms with Crippen molar-refractivity contribution in [1.82, 2.24) is 0 Å². The maximum Gasteiger partial charge on any atom is 0.416 e. The number of aryl methyl sites for hydroxylation is 2. The first-order valence-corrected chi connectivity index (χ1v) is 11.1. The number of benzene rings is 3. The summed E-state index contributed by atoms with van der Waals surface area (Å²) in [6, 6.07) is 15.5. The van der Waals surface area contributed by atoms with E-state index in [-0.39, 0.29) is 18.4 Å². The molecule has 4 rings (SSSR count).